The second-order valence-electron chi connectivity index (χ2n) is 2.83. The van der Waals surface area contributed by atoms with Gasteiger partial charge < -0.3 is 14.2 Å². The maximum Gasteiger partial charge on any atom is 0.294 e. The van der Waals surface area contributed by atoms with E-state index >= 15 is 0 Å². The van der Waals surface area contributed by atoms with Crippen LogP contribution < -0.4 is 4.74 Å². The average molecular weight is 234 g/mol. The molecule has 1 aliphatic rings. The summed E-state index contributed by atoms with van der Waals surface area (Å²) in [4.78, 5) is 3.94. The molecule has 78 valence electrons. The van der Waals surface area contributed by atoms with Crippen LogP contribution in [0, 0.1) is 0 Å². The Morgan fingerprint density at radius 3 is 3.14 bits per heavy atom. The van der Waals surface area contributed by atoms with E-state index < -0.39 is 0 Å². The van der Waals surface area contributed by atoms with Crippen LogP contribution in [0.2, 0.25) is 0 Å². The average Bonchev–Trinajstić information content (AvgIpc) is 2.72. The third kappa shape index (κ3) is 2.57. The summed E-state index contributed by atoms with van der Waals surface area (Å²) in [5.74, 6) is 0. The maximum atomic E-state index is 5.38. The van der Waals surface area contributed by atoms with E-state index in [9.17, 15) is 0 Å². The highest BCUT2D eigenvalue weighted by molar-refractivity contribution is 7.80. The Morgan fingerprint density at radius 2 is 2.57 bits per heavy atom. The van der Waals surface area contributed by atoms with Crippen molar-refractivity contribution in [3.63, 3.8) is 0 Å². The lowest BCUT2D eigenvalue weighted by Crippen LogP contribution is -2.20. The first kappa shape index (κ1) is 10.2. The number of nitrogens with zero attached hydrogens (tertiary/aromatic N) is 2. The fourth-order valence-electron chi connectivity index (χ4n) is 1.11. The molecule has 1 saturated heterocycles. The van der Waals surface area contributed by atoms with Crippen LogP contribution in [0.5, 0.6) is 5.19 Å². The van der Waals surface area contributed by atoms with Crippen molar-refractivity contribution in [1.82, 2.24) is 9.36 Å². The Morgan fingerprint density at radius 1 is 1.71 bits per heavy atom. The van der Waals surface area contributed by atoms with Crippen LogP contribution in [-0.4, -0.2) is 35.0 Å². The quantitative estimate of drug-likeness (QED) is 0.790. The van der Waals surface area contributed by atoms with Gasteiger partial charge in [-0.15, -0.1) is 12.6 Å². The summed E-state index contributed by atoms with van der Waals surface area (Å²) >= 11 is 5.15. The van der Waals surface area contributed by atoms with E-state index in [1.165, 1.54) is 11.5 Å². The van der Waals surface area contributed by atoms with Gasteiger partial charge in [0.05, 0.1) is 6.61 Å². The van der Waals surface area contributed by atoms with Crippen molar-refractivity contribution in [2.24, 2.45) is 0 Å². The van der Waals surface area contributed by atoms with Gasteiger partial charge in [0, 0.05) is 11.5 Å². The van der Waals surface area contributed by atoms with Gasteiger partial charge >= 0.3 is 0 Å². The second-order valence-corrected chi connectivity index (χ2v) is 3.94. The zero-order valence-corrected chi connectivity index (χ0v) is 9.25. The normalized spacial score (nSPS) is 26.7. The number of ether oxygens (including phenoxy) is 3. The number of hydrogen-bond donors (Lipinski definition) is 1. The van der Waals surface area contributed by atoms with Crippen LogP contribution in [0.15, 0.2) is 5.16 Å². The van der Waals surface area contributed by atoms with Gasteiger partial charge in [-0.3, -0.25) is 0 Å². The minimum atomic E-state index is -0.140. The summed E-state index contributed by atoms with van der Waals surface area (Å²) in [6.07, 6.45) is -0.157. The molecule has 0 N–H and O–H groups in total. The van der Waals surface area contributed by atoms with E-state index in [-0.39, 0.29) is 12.4 Å². The van der Waals surface area contributed by atoms with Crippen LogP contribution in [0.25, 0.3) is 0 Å². The molecular formula is C7H10N2O3S2. The largest absolute Gasteiger partial charge is 0.466 e. The Labute approximate surface area is 91.0 Å². The molecule has 0 spiro atoms. The lowest BCUT2D eigenvalue weighted by Gasteiger charge is -2.07. The van der Waals surface area contributed by atoms with E-state index in [2.05, 4.69) is 22.0 Å². The Kier molecular flexibility index (Phi) is 3.22. The van der Waals surface area contributed by atoms with Gasteiger partial charge in [-0.05, 0) is 6.92 Å². The SMILES string of the molecule is CC1OCC(COc2nc(S)ns2)O1. The first-order valence-electron chi connectivity index (χ1n) is 4.16. The Bertz CT molecular complexity index is 307. The van der Waals surface area contributed by atoms with Gasteiger partial charge in [0.25, 0.3) is 5.19 Å². The standard InChI is InChI=1S/C7H10N2O3S2/c1-4-10-2-5(12-4)3-11-7-8-6(13)9-14-7/h4-5H,2-3H2,1H3,(H,9,13). The summed E-state index contributed by atoms with van der Waals surface area (Å²) in [5, 5.41) is 0.945. The molecule has 7 heteroatoms. The molecule has 2 unspecified atom stereocenters. The van der Waals surface area contributed by atoms with Gasteiger partial charge in [0.2, 0.25) is 5.16 Å². The van der Waals surface area contributed by atoms with Gasteiger partial charge in [0.15, 0.2) is 6.29 Å². The van der Waals surface area contributed by atoms with E-state index in [4.69, 9.17) is 14.2 Å². The highest BCUT2D eigenvalue weighted by Crippen LogP contribution is 2.17. The lowest BCUT2D eigenvalue weighted by atomic mass is 10.4. The lowest BCUT2D eigenvalue weighted by molar-refractivity contribution is -0.0487. The van der Waals surface area contributed by atoms with Crippen LogP contribution in [-0.2, 0) is 9.47 Å². The predicted molar refractivity (Wildman–Crippen MR) is 52.9 cm³/mol. The van der Waals surface area contributed by atoms with Crippen molar-refractivity contribution in [3.8, 4) is 5.19 Å². The summed E-state index contributed by atoms with van der Waals surface area (Å²) in [6.45, 7) is 2.86. The summed E-state index contributed by atoms with van der Waals surface area (Å²) in [6, 6.07) is 0. The zero-order valence-electron chi connectivity index (χ0n) is 7.54. The topological polar surface area (TPSA) is 53.5 Å². The molecule has 1 aromatic rings. The van der Waals surface area contributed by atoms with Crippen molar-refractivity contribution < 1.29 is 14.2 Å². The van der Waals surface area contributed by atoms with Crippen molar-refractivity contribution in [2.75, 3.05) is 13.2 Å². The van der Waals surface area contributed by atoms with Crippen LogP contribution in [0.1, 0.15) is 6.92 Å². The van der Waals surface area contributed by atoms with Crippen LogP contribution in [0.3, 0.4) is 0 Å². The monoisotopic (exact) mass is 234 g/mol. The van der Waals surface area contributed by atoms with E-state index in [1.54, 1.807) is 0 Å². The van der Waals surface area contributed by atoms with Crippen LogP contribution in [0.4, 0.5) is 0 Å². The highest BCUT2D eigenvalue weighted by Gasteiger charge is 2.23. The Hall–Kier alpha value is -0.370. The van der Waals surface area contributed by atoms with Gasteiger partial charge in [0.1, 0.15) is 12.7 Å². The molecular weight excluding hydrogens is 224 g/mol. The number of rotatable bonds is 3. The molecule has 1 aromatic heterocycles. The van der Waals surface area contributed by atoms with E-state index in [1.807, 2.05) is 6.92 Å². The van der Waals surface area contributed by atoms with E-state index in [0.717, 1.165) is 0 Å². The zero-order chi connectivity index (χ0) is 9.97. The summed E-state index contributed by atoms with van der Waals surface area (Å²) < 4.78 is 19.8. The first-order valence-corrected chi connectivity index (χ1v) is 5.38. The predicted octanol–water partition coefficient (Wildman–Crippen LogP) is 0.967. The molecule has 5 nitrogen and oxygen atoms in total. The molecule has 0 amide bonds. The number of aromatic nitrogens is 2. The van der Waals surface area contributed by atoms with Gasteiger partial charge in [-0.1, -0.05) is 0 Å². The first-order chi connectivity index (χ1) is 6.74. The molecule has 0 aromatic carbocycles. The highest BCUT2D eigenvalue weighted by atomic mass is 32.1. The summed E-state index contributed by atoms with van der Waals surface area (Å²) in [7, 11) is 0. The fraction of sp³-hybridized carbons (Fsp3) is 0.714. The van der Waals surface area contributed by atoms with Gasteiger partial charge in [-0.2, -0.15) is 9.36 Å². The number of hydrogen-bond acceptors (Lipinski definition) is 7. The molecule has 2 atom stereocenters. The molecule has 1 fully saturated rings. The maximum absolute atomic E-state index is 5.38. The van der Waals surface area contributed by atoms with Crippen molar-refractivity contribution in [3.05, 3.63) is 0 Å². The molecule has 14 heavy (non-hydrogen) atoms. The van der Waals surface area contributed by atoms with Gasteiger partial charge in [-0.25, -0.2) is 0 Å². The second kappa shape index (κ2) is 4.43. The van der Waals surface area contributed by atoms with Crippen molar-refractivity contribution in [1.29, 1.82) is 0 Å². The minimum Gasteiger partial charge on any atom is -0.466 e. The molecule has 0 radical (unpaired) electrons. The molecule has 0 saturated carbocycles. The van der Waals surface area contributed by atoms with Crippen molar-refractivity contribution in [2.45, 2.75) is 24.5 Å². The molecule has 0 aliphatic carbocycles. The third-order valence-corrected chi connectivity index (χ3v) is 2.66. The summed E-state index contributed by atoms with van der Waals surface area (Å²) in [5.41, 5.74) is 0. The van der Waals surface area contributed by atoms with Crippen LogP contribution >= 0.6 is 24.2 Å². The molecule has 0 bridgehead atoms. The smallest absolute Gasteiger partial charge is 0.294 e. The Balaban J connectivity index is 1.77. The molecule has 1 aliphatic heterocycles. The number of thiol groups is 1. The molecule has 2 heterocycles. The van der Waals surface area contributed by atoms with E-state index in [0.29, 0.717) is 23.6 Å². The fourth-order valence-corrected chi connectivity index (χ4v) is 1.83. The minimum absolute atomic E-state index is 0.0164. The van der Waals surface area contributed by atoms with Crippen molar-refractivity contribution >= 4 is 24.2 Å². The third-order valence-electron chi connectivity index (χ3n) is 1.69. The molecule has 2 rings (SSSR count).